The van der Waals surface area contributed by atoms with Crippen LogP contribution in [0.15, 0.2) is 58.7 Å². The van der Waals surface area contributed by atoms with Gasteiger partial charge < -0.3 is 9.47 Å². The number of ether oxygens (including phenoxy) is 2. The Morgan fingerprint density at radius 2 is 2.03 bits per heavy atom. The van der Waals surface area contributed by atoms with E-state index >= 15 is 0 Å². The number of non-ortho nitro benzene ring substituents is 1. The van der Waals surface area contributed by atoms with Crippen LogP contribution in [0.5, 0.6) is 11.5 Å². The fourth-order valence-corrected chi connectivity index (χ4v) is 4.82. The molecule has 0 saturated heterocycles. The van der Waals surface area contributed by atoms with Crippen molar-refractivity contribution >= 4 is 36.1 Å². The van der Waals surface area contributed by atoms with Crippen LogP contribution in [0.25, 0.3) is 0 Å². The molecule has 8 nitrogen and oxygen atoms in total. The minimum atomic E-state index is -0.436. The minimum absolute atomic E-state index is 0.0136. The third-order valence-electron chi connectivity index (χ3n) is 6.24. The first-order chi connectivity index (χ1) is 16.5. The fourth-order valence-electron chi connectivity index (χ4n) is 4.64. The third-order valence-corrected chi connectivity index (χ3v) is 6.60. The number of carbonyl (C=O) groups is 1. The molecule has 2 heterocycles. The van der Waals surface area contributed by atoms with Crippen LogP contribution in [0.2, 0.25) is 0 Å². The zero-order valence-electron chi connectivity index (χ0n) is 18.6. The SMILES string of the molecule is COc1cc2c(cc1OCc1cc(CS)cc([N+](=O)[O-])c1)N=C[C@@H]1CC3=C(C=CCC3)N1C2=O. The van der Waals surface area contributed by atoms with E-state index in [2.05, 4.69) is 23.7 Å². The number of amides is 1. The summed E-state index contributed by atoms with van der Waals surface area (Å²) in [5.74, 6) is 1.06. The highest BCUT2D eigenvalue weighted by atomic mass is 32.1. The maximum Gasteiger partial charge on any atom is 0.270 e. The van der Waals surface area contributed by atoms with E-state index in [-0.39, 0.29) is 24.2 Å². The van der Waals surface area contributed by atoms with E-state index in [0.29, 0.717) is 34.1 Å². The molecular formula is C25H23N3O5S. The zero-order valence-corrected chi connectivity index (χ0v) is 19.5. The number of carbonyl (C=O) groups excluding carboxylic acids is 1. The van der Waals surface area contributed by atoms with Crippen molar-refractivity contribution in [1.82, 2.24) is 4.90 Å². The van der Waals surface area contributed by atoms with E-state index in [1.54, 1.807) is 12.1 Å². The minimum Gasteiger partial charge on any atom is -0.493 e. The number of thiol groups is 1. The number of nitro groups is 1. The summed E-state index contributed by atoms with van der Waals surface area (Å²) in [6.07, 6.45) is 8.71. The van der Waals surface area contributed by atoms with Gasteiger partial charge in [0.25, 0.3) is 11.6 Å². The summed E-state index contributed by atoms with van der Waals surface area (Å²) in [5.41, 5.74) is 4.58. The van der Waals surface area contributed by atoms with Crippen LogP contribution >= 0.6 is 12.6 Å². The highest BCUT2D eigenvalue weighted by Crippen LogP contribution is 2.42. The van der Waals surface area contributed by atoms with E-state index in [0.717, 1.165) is 30.5 Å². The largest absolute Gasteiger partial charge is 0.493 e. The summed E-state index contributed by atoms with van der Waals surface area (Å²) in [6.45, 7) is 0.0883. The van der Waals surface area contributed by atoms with Crippen LogP contribution in [-0.2, 0) is 12.4 Å². The lowest BCUT2D eigenvalue weighted by atomic mass is 10.0. The summed E-state index contributed by atoms with van der Waals surface area (Å²) >= 11 is 4.23. The Morgan fingerprint density at radius 1 is 1.21 bits per heavy atom. The van der Waals surface area contributed by atoms with Gasteiger partial charge in [0, 0.05) is 35.9 Å². The smallest absolute Gasteiger partial charge is 0.270 e. The molecule has 0 radical (unpaired) electrons. The van der Waals surface area contributed by atoms with Crippen molar-refractivity contribution in [3.63, 3.8) is 0 Å². The number of nitro benzene ring substituents is 1. The van der Waals surface area contributed by atoms with Crippen LogP contribution in [0, 0.1) is 10.1 Å². The molecular weight excluding hydrogens is 454 g/mol. The predicted molar refractivity (Wildman–Crippen MR) is 131 cm³/mol. The molecule has 0 N–H and O–H groups in total. The van der Waals surface area contributed by atoms with Crippen LogP contribution in [0.1, 0.15) is 40.7 Å². The second-order valence-corrected chi connectivity index (χ2v) is 8.70. The van der Waals surface area contributed by atoms with Gasteiger partial charge in [-0.2, -0.15) is 12.6 Å². The van der Waals surface area contributed by atoms with Crippen LogP contribution in [0.3, 0.4) is 0 Å². The molecule has 0 unspecified atom stereocenters. The van der Waals surface area contributed by atoms with Crippen molar-refractivity contribution in [3.05, 3.63) is 80.6 Å². The number of allylic oxidation sites excluding steroid dienone is 2. The van der Waals surface area contributed by atoms with Gasteiger partial charge in [-0.1, -0.05) is 12.1 Å². The number of aliphatic imine (C=N–C) groups is 1. The summed E-state index contributed by atoms with van der Waals surface area (Å²) in [7, 11) is 1.51. The molecule has 34 heavy (non-hydrogen) atoms. The van der Waals surface area contributed by atoms with Gasteiger partial charge >= 0.3 is 0 Å². The van der Waals surface area contributed by atoms with E-state index in [4.69, 9.17) is 9.47 Å². The quantitative estimate of drug-likeness (QED) is 0.353. The van der Waals surface area contributed by atoms with Gasteiger partial charge in [0.1, 0.15) is 6.61 Å². The molecule has 3 aliphatic rings. The lowest BCUT2D eigenvalue weighted by Crippen LogP contribution is -2.35. The number of methoxy groups -OCH3 is 1. The van der Waals surface area contributed by atoms with Gasteiger partial charge in [-0.25, -0.2) is 0 Å². The third kappa shape index (κ3) is 3.96. The molecule has 1 aliphatic carbocycles. The van der Waals surface area contributed by atoms with E-state index in [9.17, 15) is 14.9 Å². The number of hydrogen-bond acceptors (Lipinski definition) is 7. The lowest BCUT2D eigenvalue weighted by Gasteiger charge is -2.24. The van der Waals surface area contributed by atoms with Gasteiger partial charge in [-0.3, -0.25) is 24.8 Å². The highest BCUT2D eigenvalue weighted by Gasteiger charge is 2.37. The summed E-state index contributed by atoms with van der Waals surface area (Å²) in [4.78, 5) is 30.8. The van der Waals surface area contributed by atoms with Crippen molar-refractivity contribution in [3.8, 4) is 11.5 Å². The van der Waals surface area contributed by atoms with Crippen LogP contribution < -0.4 is 9.47 Å². The molecule has 0 saturated carbocycles. The fraction of sp³-hybridized carbons (Fsp3) is 0.280. The number of benzene rings is 2. The van der Waals surface area contributed by atoms with Gasteiger partial charge in [0.15, 0.2) is 11.5 Å². The Balaban J connectivity index is 1.45. The molecule has 9 heteroatoms. The first-order valence-electron chi connectivity index (χ1n) is 11.0. The standard InChI is InChI=1S/C25H23N3O5S/c1-32-23-10-20-21(26-12-19-9-17-4-2-3-5-22(17)27(19)25(20)29)11-24(23)33-13-15-6-16(14-34)8-18(7-15)28(30)31/h3,5-8,10-12,19,34H,2,4,9,13-14H2,1H3/t19-/m0/s1. The Labute approximate surface area is 202 Å². The van der Waals surface area contributed by atoms with E-state index in [1.165, 1.54) is 24.8 Å². The molecule has 0 spiro atoms. The lowest BCUT2D eigenvalue weighted by molar-refractivity contribution is -0.385. The van der Waals surface area contributed by atoms with Gasteiger partial charge in [0.2, 0.25) is 0 Å². The number of hydrogen-bond donors (Lipinski definition) is 1. The first-order valence-corrected chi connectivity index (χ1v) is 11.6. The van der Waals surface area contributed by atoms with Crippen molar-refractivity contribution in [2.45, 2.75) is 37.7 Å². The molecule has 174 valence electrons. The molecule has 0 aromatic heterocycles. The maximum atomic E-state index is 13.5. The van der Waals surface area contributed by atoms with Gasteiger partial charge in [-0.15, -0.1) is 0 Å². The number of nitrogens with zero attached hydrogens (tertiary/aromatic N) is 3. The molecule has 2 aromatic rings. The normalized spacial score (nSPS) is 18.4. The molecule has 0 bridgehead atoms. The molecule has 2 aromatic carbocycles. The molecule has 0 fully saturated rings. The van der Waals surface area contributed by atoms with Crippen LogP contribution in [-0.4, -0.2) is 35.1 Å². The van der Waals surface area contributed by atoms with E-state index < -0.39 is 4.92 Å². The van der Waals surface area contributed by atoms with Crippen molar-refractivity contribution in [2.75, 3.05) is 7.11 Å². The second kappa shape index (κ2) is 8.98. The van der Waals surface area contributed by atoms with Crippen molar-refractivity contribution in [1.29, 1.82) is 0 Å². The predicted octanol–water partition coefficient (Wildman–Crippen LogP) is 5.15. The maximum absolute atomic E-state index is 13.5. The first kappa shape index (κ1) is 22.2. The van der Waals surface area contributed by atoms with Crippen molar-refractivity contribution in [2.24, 2.45) is 4.99 Å². The summed E-state index contributed by atoms with van der Waals surface area (Å²) in [5, 5.41) is 11.3. The molecule has 1 amide bonds. The number of fused-ring (bicyclic) bond motifs is 3. The van der Waals surface area contributed by atoms with Gasteiger partial charge in [-0.05, 0) is 48.1 Å². The topological polar surface area (TPSA) is 94.3 Å². The zero-order chi connectivity index (χ0) is 23.8. The Bertz CT molecular complexity index is 1280. The summed E-state index contributed by atoms with van der Waals surface area (Å²) < 4.78 is 11.5. The monoisotopic (exact) mass is 477 g/mol. The van der Waals surface area contributed by atoms with E-state index in [1.807, 2.05) is 23.3 Å². The molecule has 5 rings (SSSR count). The summed E-state index contributed by atoms with van der Waals surface area (Å²) in [6, 6.07) is 8.02. The van der Waals surface area contributed by atoms with Crippen molar-refractivity contribution < 1.29 is 19.2 Å². The second-order valence-electron chi connectivity index (χ2n) is 8.39. The highest BCUT2D eigenvalue weighted by molar-refractivity contribution is 7.79. The Kier molecular flexibility index (Phi) is 5.87. The average Bonchev–Trinajstić information content (AvgIpc) is 3.17. The number of rotatable bonds is 6. The Morgan fingerprint density at radius 3 is 2.79 bits per heavy atom. The van der Waals surface area contributed by atoms with Crippen LogP contribution in [0.4, 0.5) is 11.4 Å². The van der Waals surface area contributed by atoms with Gasteiger partial charge in [0.05, 0.1) is 29.3 Å². The molecule has 1 atom stereocenters. The average molecular weight is 478 g/mol. The Hall–Kier alpha value is -3.59. The molecule has 2 aliphatic heterocycles.